The Hall–Kier alpha value is -1.29. The van der Waals surface area contributed by atoms with Crippen molar-refractivity contribution in [2.24, 2.45) is 4.99 Å². The molecule has 0 atom stereocenters. The van der Waals surface area contributed by atoms with E-state index in [1.165, 1.54) is 12.1 Å². The van der Waals surface area contributed by atoms with Gasteiger partial charge in [0.15, 0.2) is 5.96 Å². The Bertz CT molecular complexity index is 685. The van der Waals surface area contributed by atoms with Gasteiger partial charge >= 0.3 is 0 Å². The first-order valence-corrected chi connectivity index (χ1v) is 10.0. The zero-order valence-electron chi connectivity index (χ0n) is 16.0. The van der Waals surface area contributed by atoms with Gasteiger partial charge in [0.05, 0.1) is 12.2 Å². The molecule has 0 radical (unpaired) electrons. The van der Waals surface area contributed by atoms with Crippen LogP contribution in [0.2, 0.25) is 0 Å². The summed E-state index contributed by atoms with van der Waals surface area (Å²) in [6.07, 6.45) is 1.66. The molecule has 150 valence electrons. The standard InChI is InChI=1S/C19H27FN4OS.HI/c1-4-17-16(18(5-2)25-24-17)13-23-19(21-6-3)22-11-12-26-15-9-7-14(20)8-10-15;/h7-10H,4-6,11-13H2,1-3H3,(H2,21,22,23);1H. The van der Waals surface area contributed by atoms with E-state index < -0.39 is 0 Å². The largest absolute Gasteiger partial charge is 0.361 e. The summed E-state index contributed by atoms with van der Waals surface area (Å²) < 4.78 is 18.3. The smallest absolute Gasteiger partial charge is 0.191 e. The number of aliphatic imine (C=N–C) groups is 1. The van der Waals surface area contributed by atoms with E-state index in [9.17, 15) is 4.39 Å². The number of aromatic nitrogens is 1. The fourth-order valence-corrected chi connectivity index (χ4v) is 3.25. The summed E-state index contributed by atoms with van der Waals surface area (Å²) in [5.74, 6) is 2.34. The fourth-order valence-electron chi connectivity index (χ4n) is 2.49. The topological polar surface area (TPSA) is 62.5 Å². The van der Waals surface area contributed by atoms with Crippen LogP contribution in [0.4, 0.5) is 4.39 Å². The molecule has 0 unspecified atom stereocenters. The Morgan fingerprint density at radius 3 is 2.52 bits per heavy atom. The van der Waals surface area contributed by atoms with Gasteiger partial charge in [0, 0.05) is 35.7 Å². The van der Waals surface area contributed by atoms with E-state index in [2.05, 4.69) is 34.6 Å². The molecule has 1 aromatic heterocycles. The monoisotopic (exact) mass is 506 g/mol. The first-order valence-electron chi connectivity index (χ1n) is 9.04. The summed E-state index contributed by atoms with van der Waals surface area (Å²) in [5, 5.41) is 10.7. The maximum Gasteiger partial charge on any atom is 0.191 e. The summed E-state index contributed by atoms with van der Waals surface area (Å²) >= 11 is 1.68. The van der Waals surface area contributed by atoms with Crippen LogP contribution >= 0.6 is 35.7 Å². The molecule has 0 aliphatic heterocycles. The summed E-state index contributed by atoms with van der Waals surface area (Å²) in [5.41, 5.74) is 2.07. The number of guanidine groups is 1. The normalized spacial score (nSPS) is 11.2. The fraction of sp³-hybridized carbons (Fsp3) is 0.474. The molecule has 0 saturated carbocycles. The third-order valence-corrected chi connectivity index (χ3v) is 4.84. The minimum absolute atomic E-state index is 0. The molecule has 1 heterocycles. The molecular formula is C19H28FIN4OS. The molecule has 0 aliphatic carbocycles. The van der Waals surface area contributed by atoms with Crippen molar-refractivity contribution >= 4 is 41.7 Å². The van der Waals surface area contributed by atoms with E-state index in [1.807, 2.05) is 6.92 Å². The summed E-state index contributed by atoms with van der Waals surface area (Å²) in [6.45, 7) is 8.28. The van der Waals surface area contributed by atoms with Crippen LogP contribution in [0.1, 0.15) is 37.8 Å². The predicted octanol–water partition coefficient (Wildman–Crippen LogP) is 4.40. The van der Waals surface area contributed by atoms with Crippen LogP contribution < -0.4 is 10.6 Å². The second kappa shape index (κ2) is 13.0. The number of benzene rings is 1. The van der Waals surface area contributed by atoms with Crippen LogP contribution in [0, 0.1) is 5.82 Å². The third kappa shape index (κ3) is 7.69. The lowest BCUT2D eigenvalue weighted by atomic mass is 10.1. The van der Waals surface area contributed by atoms with Crippen LogP contribution in [0.15, 0.2) is 38.7 Å². The SMILES string of the molecule is CCNC(=NCc1c(CC)noc1CC)NCCSc1ccc(F)cc1.I. The van der Waals surface area contributed by atoms with Gasteiger partial charge < -0.3 is 15.2 Å². The molecule has 2 N–H and O–H groups in total. The quantitative estimate of drug-likeness (QED) is 0.174. The Labute approximate surface area is 182 Å². The molecule has 27 heavy (non-hydrogen) atoms. The molecule has 0 aliphatic rings. The second-order valence-corrected chi connectivity index (χ2v) is 6.83. The van der Waals surface area contributed by atoms with Crippen molar-refractivity contribution in [1.29, 1.82) is 0 Å². The molecule has 0 amide bonds. The third-order valence-electron chi connectivity index (χ3n) is 3.82. The average molecular weight is 506 g/mol. The Balaban J connectivity index is 0.00000364. The van der Waals surface area contributed by atoms with E-state index in [0.29, 0.717) is 6.54 Å². The summed E-state index contributed by atoms with van der Waals surface area (Å²) in [6, 6.07) is 6.56. The maximum absolute atomic E-state index is 12.9. The minimum Gasteiger partial charge on any atom is -0.361 e. The summed E-state index contributed by atoms with van der Waals surface area (Å²) in [7, 11) is 0. The van der Waals surface area contributed by atoms with E-state index in [0.717, 1.165) is 59.6 Å². The summed E-state index contributed by atoms with van der Waals surface area (Å²) in [4.78, 5) is 5.72. The second-order valence-electron chi connectivity index (χ2n) is 5.66. The highest BCUT2D eigenvalue weighted by molar-refractivity contribution is 14.0. The Morgan fingerprint density at radius 1 is 1.15 bits per heavy atom. The van der Waals surface area contributed by atoms with E-state index in [4.69, 9.17) is 4.52 Å². The molecule has 0 bridgehead atoms. The number of hydrogen-bond donors (Lipinski definition) is 2. The highest BCUT2D eigenvalue weighted by Crippen LogP contribution is 2.18. The van der Waals surface area contributed by atoms with Crippen LogP contribution in [0.5, 0.6) is 0 Å². The molecule has 8 heteroatoms. The molecule has 0 saturated heterocycles. The zero-order chi connectivity index (χ0) is 18.8. The van der Waals surface area contributed by atoms with Crippen LogP contribution in [0.25, 0.3) is 0 Å². The van der Waals surface area contributed by atoms with Gasteiger partial charge in [-0.25, -0.2) is 9.38 Å². The highest BCUT2D eigenvalue weighted by atomic mass is 127. The lowest BCUT2D eigenvalue weighted by Gasteiger charge is -2.11. The van der Waals surface area contributed by atoms with Gasteiger partial charge in [0.25, 0.3) is 0 Å². The molecule has 2 aromatic rings. The van der Waals surface area contributed by atoms with Crippen LogP contribution in [0.3, 0.4) is 0 Å². The molecule has 0 fully saturated rings. The van der Waals surface area contributed by atoms with E-state index in [1.54, 1.807) is 23.9 Å². The number of nitrogens with one attached hydrogen (secondary N) is 2. The first-order chi connectivity index (χ1) is 12.7. The lowest BCUT2D eigenvalue weighted by molar-refractivity contribution is 0.380. The van der Waals surface area contributed by atoms with E-state index in [-0.39, 0.29) is 29.8 Å². The molecule has 0 spiro atoms. The zero-order valence-corrected chi connectivity index (χ0v) is 19.2. The van der Waals surface area contributed by atoms with Crippen LogP contribution in [-0.2, 0) is 19.4 Å². The van der Waals surface area contributed by atoms with Crippen molar-refractivity contribution < 1.29 is 8.91 Å². The highest BCUT2D eigenvalue weighted by Gasteiger charge is 2.13. The van der Waals surface area contributed by atoms with Crippen molar-refractivity contribution in [3.8, 4) is 0 Å². The van der Waals surface area contributed by atoms with Crippen molar-refractivity contribution in [2.45, 2.75) is 45.1 Å². The first kappa shape index (κ1) is 23.7. The van der Waals surface area contributed by atoms with Gasteiger partial charge in [-0.2, -0.15) is 0 Å². The average Bonchev–Trinajstić information content (AvgIpc) is 3.06. The molecule has 1 aromatic carbocycles. The molecular weight excluding hydrogens is 478 g/mol. The number of rotatable bonds is 9. The predicted molar refractivity (Wildman–Crippen MR) is 121 cm³/mol. The van der Waals surface area contributed by atoms with Gasteiger partial charge in [-0.05, 0) is 37.6 Å². The van der Waals surface area contributed by atoms with Crippen molar-refractivity contribution in [2.75, 3.05) is 18.8 Å². The minimum atomic E-state index is -0.208. The maximum atomic E-state index is 12.9. The number of halogens is 2. The number of aryl methyl sites for hydroxylation is 2. The number of hydrogen-bond acceptors (Lipinski definition) is 4. The van der Waals surface area contributed by atoms with Crippen molar-refractivity contribution in [1.82, 2.24) is 15.8 Å². The van der Waals surface area contributed by atoms with Crippen molar-refractivity contribution in [3.05, 3.63) is 47.1 Å². The molecule has 5 nitrogen and oxygen atoms in total. The number of nitrogens with zero attached hydrogens (tertiary/aromatic N) is 2. The van der Waals surface area contributed by atoms with Gasteiger partial charge in [-0.1, -0.05) is 19.0 Å². The van der Waals surface area contributed by atoms with Gasteiger partial charge in [0.2, 0.25) is 0 Å². The Kier molecular flexibility index (Phi) is 11.4. The Morgan fingerprint density at radius 2 is 1.89 bits per heavy atom. The lowest BCUT2D eigenvalue weighted by Crippen LogP contribution is -2.38. The van der Waals surface area contributed by atoms with Crippen LogP contribution in [-0.4, -0.2) is 30.0 Å². The van der Waals surface area contributed by atoms with Crippen molar-refractivity contribution in [3.63, 3.8) is 0 Å². The van der Waals surface area contributed by atoms with Gasteiger partial charge in [0.1, 0.15) is 11.6 Å². The molecule has 2 rings (SSSR count). The van der Waals surface area contributed by atoms with Gasteiger partial charge in [-0.3, -0.25) is 0 Å². The number of thioether (sulfide) groups is 1. The van der Waals surface area contributed by atoms with E-state index >= 15 is 0 Å². The van der Waals surface area contributed by atoms with Gasteiger partial charge in [-0.15, -0.1) is 35.7 Å².